The topological polar surface area (TPSA) is 93.1 Å². The monoisotopic (exact) mass is 465 g/mol. The van der Waals surface area contributed by atoms with Gasteiger partial charge in [0.05, 0.1) is 55.7 Å². The van der Waals surface area contributed by atoms with E-state index in [4.69, 9.17) is 29.2 Å². The van der Waals surface area contributed by atoms with Crippen LogP contribution in [0, 0.1) is 0 Å². The molecule has 0 spiro atoms. The number of morpholine rings is 2. The summed E-state index contributed by atoms with van der Waals surface area (Å²) in [5.41, 5.74) is 3.24. The van der Waals surface area contributed by atoms with E-state index in [0.717, 1.165) is 59.7 Å². The van der Waals surface area contributed by atoms with E-state index in [9.17, 15) is 5.11 Å². The van der Waals surface area contributed by atoms with Gasteiger partial charge in [-0.2, -0.15) is 4.98 Å². The van der Waals surface area contributed by atoms with Gasteiger partial charge >= 0.3 is 0 Å². The Morgan fingerprint density at radius 2 is 1.82 bits per heavy atom. The van der Waals surface area contributed by atoms with E-state index in [1.165, 1.54) is 0 Å². The Bertz CT molecular complexity index is 1160. The number of pyridine rings is 1. The second-order valence-electron chi connectivity index (χ2n) is 8.88. The van der Waals surface area contributed by atoms with Crippen LogP contribution in [0.3, 0.4) is 0 Å². The van der Waals surface area contributed by atoms with Crippen LogP contribution in [0.4, 0.5) is 11.8 Å². The van der Waals surface area contributed by atoms with Gasteiger partial charge in [-0.3, -0.25) is 4.98 Å². The fraction of sp³-hybridized carbons (Fsp3) is 0.480. The zero-order valence-electron chi connectivity index (χ0n) is 19.9. The molecule has 2 atom stereocenters. The first-order valence-corrected chi connectivity index (χ1v) is 11.7. The van der Waals surface area contributed by atoms with Gasteiger partial charge in [0.25, 0.3) is 0 Å². The maximum Gasteiger partial charge on any atom is 0.228 e. The molecule has 9 nitrogen and oxygen atoms in total. The fourth-order valence-corrected chi connectivity index (χ4v) is 4.71. The fourth-order valence-electron chi connectivity index (χ4n) is 4.71. The largest absolute Gasteiger partial charge is 0.496 e. The molecule has 2 fully saturated rings. The highest BCUT2D eigenvalue weighted by molar-refractivity contribution is 5.92. The first-order valence-electron chi connectivity index (χ1n) is 11.7. The number of fused-ring (bicyclic) bond motifs is 1. The number of aliphatic hydroxyl groups excluding tert-OH is 1. The van der Waals surface area contributed by atoms with E-state index in [-0.39, 0.29) is 18.8 Å². The molecule has 0 amide bonds. The molecule has 2 aliphatic rings. The van der Waals surface area contributed by atoms with E-state index in [1.807, 2.05) is 30.5 Å². The zero-order chi connectivity index (χ0) is 23.7. The smallest absolute Gasteiger partial charge is 0.228 e. The van der Waals surface area contributed by atoms with Crippen LogP contribution in [-0.2, 0) is 16.1 Å². The Labute approximate surface area is 199 Å². The Balaban J connectivity index is 1.61. The van der Waals surface area contributed by atoms with Crippen LogP contribution in [0.15, 0.2) is 30.5 Å². The number of aliphatic hydroxyl groups is 1. The number of benzene rings is 1. The molecule has 0 saturated carbocycles. The molecule has 2 unspecified atom stereocenters. The van der Waals surface area contributed by atoms with Crippen LogP contribution in [0.2, 0.25) is 0 Å². The standard InChI is InChI=1S/C25H31N5O4/c1-16-13-30(14-17(2)34-16)24-20-12-26-21(18-4-5-23(32-3)19(10-18)15-31)11-22(20)27-25(28-24)29-6-8-33-9-7-29/h4-5,10-12,16-17,31H,6-9,13-15H2,1-3H3. The first kappa shape index (κ1) is 22.8. The van der Waals surface area contributed by atoms with Gasteiger partial charge in [-0.05, 0) is 38.1 Å². The molecular formula is C25H31N5O4. The van der Waals surface area contributed by atoms with Crippen molar-refractivity contribution in [3.8, 4) is 17.0 Å². The lowest BCUT2D eigenvalue weighted by Crippen LogP contribution is -2.46. The SMILES string of the molecule is COc1ccc(-c2cc3nc(N4CCOCC4)nc(N4CC(C)OC(C)C4)c3cn2)cc1CO. The third kappa shape index (κ3) is 4.51. The number of rotatable bonds is 5. The van der Waals surface area contributed by atoms with Crippen LogP contribution in [-0.4, -0.2) is 78.8 Å². The van der Waals surface area contributed by atoms with Gasteiger partial charge in [0.1, 0.15) is 11.6 Å². The lowest BCUT2D eigenvalue weighted by atomic mass is 10.1. The molecule has 34 heavy (non-hydrogen) atoms. The molecule has 2 saturated heterocycles. The Morgan fingerprint density at radius 3 is 2.53 bits per heavy atom. The van der Waals surface area contributed by atoms with E-state index >= 15 is 0 Å². The van der Waals surface area contributed by atoms with Gasteiger partial charge in [-0.1, -0.05) is 0 Å². The Kier molecular flexibility index (Phi) is 6.49. The number of nitrogens with zero attached hydrogens (tertiary/aromatic N) is 5. The molecule has 1 aromatic carbocycles. The maximum atomic E-state index is 9.74. The van der Waals surface area contributed by atoms with Crippen LogP contribution in [0.1, 0.15) is 19.4 Å². The predicted molar refractivity (Wildman–Crippen MR) is 130 cm³/mol. The minimum absolute atomic E-state index is 0.106. The Hall–Kier alpha value is -3.01. The molecule has 1 N–H and O–H groups in total. The summed E-state index contributed by atoms with van der Waals surface area (Å²) in [5.74, 6) is 2.25. The van der Waals surface area contributed by atoms with Crippen molar-refractivity contribution in [3.05, 3.63) is 36.0 Å². The minimum atomic E-state index is -0.106. The van der Waals surface area contributed by atoms with Crippen LogP contribution >= 0.6 is 0 Å². The molecule has 4 heterocycles. The molecule has 180 valence electrons. The number of hydrogen-bond acceptors (Lipinski definition) is 9. The van der Waals surface area contributed by atoms with Crippen molar-refractivity contribution in [2.45, 2.75) is 32.7 Å². The highest BCUT2D eigenvalue weighted by Gasteiger charge is 2.27. The summed E-state index contributed by atoms with van der Waals surface area (Å²) in [6.07, 6.45) is 2.09. The zero-order valence-corrected chi connectivity index (χ0v) is 19.9. The van der Waals surface area contributed by atoms with E-state index in [0.29, 0.717) is 24.9 Å². The van der Waals surface area contributed by atoms with Crippen molar-refractivity contribution in [3.63, 3.8) is 0 Å². The number of ether oxygens (including phenoxy) is 3. The normalized spacial score (nSPS) is 21.2. The molecule has 2 aliphatic heterocycles. The molecule has 2 aromatic heterocycles. The number of hydrogen-bond donors (Lipinski definition) is 1. The van der Waals surface area contributed by atoms with Gasteiger partial charge in [-0.15, -0.1) is 0 Å². The third-order valence-electron chi connectivity index (χ3n) is 6.31. The van der Waals surface area contributed by atoms with Crippen molar-refractivity contribution in [1.29, 1.82) is 0 Å². The second-order valence-corrected chi connectivity index (χ2v) is 8.88. The molecule has 0 bridgehead atoms. The van der Waals surface area contributed by atoms with Crippen LogP contribution in [0.5, 0.6) is 5.75 Å². The van der Waals surface area contributed by atoms with Crippen molar-refractivity contribution in [2.75, 3.05) is 56.3 Å². The molecule has 3 aromatic rings. The summed E-state index contributed by atoms with van der Waals surface area (Å²) in [4.78, 5) is 19.2. The average molecular weight is 466 g/mol. The lowest BCUT2D eigenvalue weighted by Gasteiger charge is -2.37. The second kappa shape index (κ2) is 9.69. The van der Waals surface area contributed by atoms with Crippen molar-refractivity contribution in [1.82, 2.24) is 15.0 Å². The lowest BCUT2D eigenvalue weighted by molar-refractivity contribution is -0.00537. The number of anilines is 2. The predicted octanol–water partition coefficient (Wildman–Crippen LogP) is 2.64. The minimum Gasteiger partial charge on any atom is -0.496 e. The van der Waals surface area contributed by atoms with Gasteiger partial charge < -0.3 is 29.1 Å². The number of aromatic nitrogens is 3. The highest BCUT2D eigenvalue weighted by Crippen LogP contribution is 2.32. The summed E-state index contributed by atoms with van der Waals surface area (Å²) >= 11 is 0. The van der Waals surface area contributed by atoms with Gasteiger partial charge in [0.15, 0.2) is 0 Å². The summed E-state index contributed by atoms with van der Waals surface area (Å²) in [6, 6.07) is 7.71. The Morgan fingerprint density at radius 1 is 1.06 bits per heavy atom. The third-order valence-corrected chi connectivity index (χ3v) is 6.31. The summed E-state index contributed by atoms with van der Waals surface area (Å²) in [5, 5.41) is 10.7. The summed E-state index contributed by atoms with van der Waals surface area (Å²) < 4.78 is 16.8. The van der Waals surface area contributed by atoms with Crippen LogP contribution < -0.4 is 14.5 Å². The first-order chi connectivity index (χ1) is 16.6. The highest BCUT2D eigenvalue weighted by atomic mass is 16.5. The average Bonchev–Trinajstić information content (AvgIpc) is 2.87. The summed E-state index contributed by atoms with van der Waals surface area (Å²) in [6.45, 7) is 8.46. The molecular weight excluding hydrogens is 434 g/mol. The van der Waals surface area contributed by atoms with E-state index in [2.05, 4.69) is 23.6 Å². The van der Waals surface area contributed by atoms with E-state index in [1.54, 1.807) is 7.11 Å². The van der Waals surface area contributed by atoms with Crippen molar-refractivity contribution in [2.24, 2.45) is 0 Å². The molecule has 0 radical (unpaired) electrons. The summed E-state index contributed by atoms with van der Waals surface area (Å²) in [7, 11) is 1.60. The van der Waals surface area contributed by atoms with Gasteiger partial charge in [0.2, 0.25) is 5.95 Å². The van der Waals surface area contributed by atoms with Gasteiger partial charge in [-0.25, -0.2) is 4.98 Å². The molecule has 0 aliphatic carbocycles. The van der Waals surface area contributed by atoms with Crippen molar-refractivity contribution >= 4 is 22.7 Å². The maximum absolute atomic E-state index is 9.74. The quantitative estimate of drug-likeness (QED) is 0.610. The molecule has 5 rings (SSSR count). The van der Waals surface area contributed by atoms with Gasteiger partial charge in [0, 0.05) is 43.5 Å². The van der Waals surface area contributed by atoms with Crippen molar-refractivity contribution < 1.29 is 19.3 Å². The van der Waals surface area contributed by atoms with E-state index < -0.39 is 0 Å². The molecule has 9 heteroatoms. The number of methoxy groups -OCH3 is 1. The van der Waals surface area contributed by atoms with Crippen LogP contribution in [0.25, 0.3) is 22.2 Å².